The van der Waals surface area contributed by atoms with Gasteiger partial charge in [-0.05, 0) is 5.56 Å². The fourth-order valence-corrected chi connectivity index (χ4v) is 1.74. The Hall–Kier alpha value is -2.05. The van der Waals surface area contributed by atoms with Gasteiger partial charge >= 0.3 is 6.18 Å². The third kappa shape index (κ3) is 2.23. The van der Waals surface area contributed by atoms with Gasteiger partial charge in [-0.1, -0.05) is 30.3 Å². The lowest BCUT2D eigenvalue weighted by Gasteiger charge is -2.14. The van der Waals surface area contributed by atoms with E-state index in [1.54, 1.807) is 0 Å². The lowest BCUT2D eigenvalue weighted by atomic mass is 10.0. The SMILES string of the molecule is Fc1c(F)c(C(F)(F)F)c(F)c(F)c1-c1ccccc1. The predicted molar refractivity (Wildman–Crippen MR) is 56.7 cm³/mol. The van der Waals surface area contributed by atoms with E-state index in [0.717, 1.165) is 12.1 Å². The smallest absolute Gasteiger partial charge is 0.203 e. The number of rotatable bonds is 1. The molecular weight excluding hydrogens is 289 g/mol. The molecule has 2 aromatic carbocycles. The Bertz CT molecular complexity index is 615. The van der Waals surface area contributed by atoms with Crippen LogP contribution in [-0.4, -0.2) is 0 Å². The van der Waals surface area contributed by atoms with Crippen molar-refractivity contribution in [3.8, 4) is 11.1 Å². The minimum atomic E-state index is -5.54. The molecule has 0 bridgehead atoms. The molecule has 0 N–H and O–H groups in total. The van der Waals surface area contributed by atoms with Crippen LogP contribution < -0.4 is 0 Å². The van der Waals surface area contributed by atoms with E-state index in [2.05, 4.69) is 0 Å². The average molecular weight is 294 g/mol. The van der Waals surface area contributed by atoms with Crippen LogP contribution in [0.5, 0.6) is 0 Å². The molecule has 0 aliphatic rings. The number of alkyl halides is 3. The van der Waals surface area contributed by atoms with E-state index in [1.807, 2.05) is 0 Å². The highest BCUT2D eigenvalue weighted by Crippen LogP contribution is 2.39. The van der Waals surface area contributed by atoms with E-state index in [1.165, 1.54) is 18.2 Å². The molecule has 7 heteroatoms. The van der Waals surface area contributed by atoms with Gasteiger partial charge in [-0.2, -0.15) is 13.2 Å². The number of benzene rings is 2. The van der Waals surface area contributed by atoms with Crippen molar-refractivity contribution < 1.29 is 30.7 Å². The van der Waals surface area contributed by atoms with Crippen molar-refractivity contribution in [3.05, 3.63) is 59.2 Å². The van der Waals surface area contributed by atoms with Crippen LogP contribution in [0.25, 0.3) is 11.1 Å². The Morgan fingerprint density at radius 2 is 1.10 bits per heavy atom. The molecule has 0 saturated heterocycles. The van der Waals surface area contributed by atoms with Crippen LogP contribution in [0.2, 0.25) is 0 Å². The Morgan fingerprint density at radius 1 is 0.650 bits per heavy atom. The Kier molecular flexibility index (Phi) is 3.45. The lowest BCUT2D eigenvalue weighted by Crippen LogP contribution is -2.16. The van der Waals surface area contributed by atoms with E-state index in [4.69, 9.17) is 0 Å². The van der Waals surface area contributed by atoms with Crippen LogP contribution in [0.3, 0.4) is 0 Å². The molecule has 0 fully saturated rings. The van der Waals surface area contributed by atoms with Crippen LogP contribution in [0.1, 0.15) is 5.56 Å². The molecular formula is C13H5F7. The average Bonchev–Trinajstić information content (AvgIpc) is 2.37. The summed E-state index contributed by atoms with van der Waals surface area (Å²) in [4.78, 5) is 0. The maximum Gasteiger partial charge on any atom is 0.422 e. The molecule has 0 spiro atoms. The minimum Gasteiger partial charge on any atom is -0.203 e. The summed E-state index contributed by atoms with van der Waals surface area (Å²) in [5.41, 5.74) is -4.02. The number of halogens is 7. The van der Waals surface area contributed by atoms with Crippen LogP contribution in [-0.2, 0) is 6.18 Å². The van der Waals surface area contributed by atoms with Crippen LogP contribution in [0.15, 0.2) is 30.3 Å². The van der Waals surface area contributed by atoms with Gasteiger partial charge < -0.3 is 0 Å². The maximum atomic E-state index is 13.6. The van der Waals surface area contributed by atoms with Crippen molar-refractivity contribution in [3.63, 3.8) is 0 Å². The second kappa shape index (κ2) is 4.81. The molecule has 0 amide bonds. The second-order valence-corrected chi connectivity index (χ2v) is 3.87. The molecule has 20 heavy (non-hydrogen) atoms. The molecule has 0 saturated carbocycles. The molecule has 0 aliphatic heterocycles. The van der Waals surface area contributed by atoms with Crippen molar-refractivity contribution in [2.45, 2.75) is 6.18 Å². The number of hydrogen-bond acceptors (Lipinski definition) is 0. The molecule has 2 rings (SSSR count). The summed E-state index contributed by atoms with van der Waals surface area (Å²) < 4.78 is 91.2. The molecule has 2 aromatic rings. The molecule has 0 nitrogen and oxygen atoms in total. The first kappa shape index (κ1) is 14.4. The van der Waals surface area contributed by atoms with Crippen LogP contribution >= 0.6 is 0 Å². The van der Waals surface area contributed by atoms with Gasteiger partial charge in [0.2, 0.25) is 0 Å². The monoisotopic (exact) mass is 294 g/mol. The third-order valence-corrected chi connectivity index (χ3v) is 2.61. The zero-order valence-electron chi connectivity index (χ0n) is 9.53. The molecule has 0 atom stereocenters. The first-order valence-corrected chi connectivity index (χ1v) is 5.23. The van der Waals surface area contributed by atoms with E-state index in [-0.39, 0.29) is 5.56 Å². The quantitative estimate of drug-likeness (QED) is 0.517. The van der Waals surface area contributed by atoms with Gasteiger partial charge in [0.05, 0.1) is 5.56 Å². The summed E-state index contributed by atoms with van der Waals surface area (Å²) in [5, 5.41) is 0. The summed E-state index contributed by atoms with van der Waals surface area (Å²) in [6, 6.07) is 6.35. The highest BCUT2D eigenvalue weighted by molar-refractivity contribution is 5.65. The van der Waals surface area contributed by atoms with Gasteiger partial charge in [-0.15, -0.1) is 0 Å². The second-order valence-electron chi connectivity index (χ2n) is 3.87. The van der Waals surface area contributed by atoms with Crippen molar-refractivity contribution in [1.82, 2.24) is 0 Å². The summed E-state index contributed by atoms with van der Waals surface area (Å²) in [5.74, 6) is -9.09. The largest absolute Gasteiger partial charge is 0.422 e. The predicted octanol–water partition coefficient (Wildman–Crippen LogP) is 4.93. The Morgan fingerprint density at radius 3 is 1.50 bits per heavy atom. The van der Waals surface area contributed by atoms with E-state index < -0.39 is 40.6 Å². The Balaban J connectivity index is 2.82. The minimum absolute atomic E-state index is 0.269. The summed E-state index contributed by atoms with van der Waals surface area (Å²) >= 11 is 0. The van der Waals surface area contributed by atoms with Crippen molar-refractivity contribution in [2.24, 2.45) is 0 Å². The van der Waals surface area contributed by atoms with Gasteiger partial charge in [0.25, 0.3) is 0 Å². The standard InChI is InChI=1S/C13H5F7/c14-9-7(6-4-2-1-3-5-6)10(15)12(17)8(11(9)16)13(18,19)20/h1-5H. The molecule has 106 valence electrons. The zero-order valence-corrected chi connectivity index (χ0v) is 9.53. The Labute approximate surface area is 108 Å². The van der Waals surface area contributed by atoms with Crippen LogP contribution in [0, 0.1) is 23.3 Å². The first-order valence-electron chi connectivity index (χ1n) is 5.23. The first-order chi connectivity index (χ1) is 9.25. The van der Waals surface area contributed by atoms with Gasteiger partial charge in [0.1, 0.15) is 5.56 Å². The third-order valence-electron chi connectivity index (χ3n) is 2.61. The fraction of sp³-hybridized carbons (Fsp3) is 0.0769. The molecule has 0 unspecified atom stereocenters. The highest BCUT2D eigenvalue weighted by Gasteiger charge is 2.42. The molecule has 0 radical (unpaired) electrons. The maximum absolute atomic E-state index is 13.6. The zero-order chi connectivity index (χ0) is 15.1. The van der Waals surface area contributed by atoms with Crippen molar-refractivity contribution in [1.29, 1.82) is 0 Å². The van der Waals surface area contributed by atoms with Gasteiger partial charge in [0, 0.05) is 0 Å². The summed E-state index contributed by atoms with van der Waals surface area (Å²) in [6.07, 6.45) is -5.54. The number of hydrogen-bond donors (Lipinski definition) is 0. The molecule has 0 aromatic heterocycles. The molecule has 0 heterocycles. The topological polar surface area (TPSA) is 0 Å². The van der Waals surface area contributed by atoms with Crippen molar-refractivity contribution in [2.75, 3.05) is 0 Å². The normalized spacial score (nSPS) is 11.8. The molecule has 0 aliphatic carbocycles. The van der Waals surface area contributed by atoms with E-state index in [9.17, 15) is 30.7 Å². The lowest BCUT2D eigenvalue weighted by molar-refractivity contribution is -0.143. The summed E-state index contributed by atoms with van der Waals surface area (Å²) in [6.45, 7) is 0. The van der Waals surface area contributed by atoms with Crippen LogP contribution in [0.4, 0.5) is 30.7 Å². The van der Waals surface area contributed by atoms with E-state index >= 15 is 0 Å². The summed E-state index contributed by atoms with van der Waals surface area (Å²) in [7, 11) is 0. The van der Waals surface area contributed by atoms with Gasteiger partial charge in [0.15, 0.2) is 23.3 Å². The fourth-order valence-electron chi connectivity index (χ4n) is 1.74. The highest BCUT2D eigenvalue weighted by atomic mass is 19.4. The van der Waals surface area contributed by atoms with E-state index in [0.29, 0.717) is 0 Å². The van der Waals surface area contributed by atoms with Crippen molar-refractivity contribution >= 4 is 0 Å². The van der Waals surface area contributed by atoms with Gasteiger partial charge in [-0.3, -0.25) is 0 Å². The van der Waals surface area contributed by atoms with Gasteiger partial charge in [-0.25, -0.2) is 17.6 Å².